The monoisotopic (exact) mass is 1900 g/mol. The van der Waals surface area contributed by atoms with Gasteiger partial charge in [0.25, 0.3) is 5.91 Å². The van der Waals surface area contributed by atoms with Crippen LogP contribution < -0.4 is 77.6 Å². The molecule has 130 heavy (non-hydrogen) atoms. The van der Waals surface area contributed by atoms with Gasteiger partial charge in [-0.05, 0) is 220 Å². The van der Waals surface area contributed by atoms with E-state index in [1.807, 2.05) is 19.6 Å². The summed E-state index contributed by atoms with van der Waals surface area (Å²) < 4.78 is 253. The Morgan fingerprint density at radius 2 is 0.585 bits per heavy atom. The van der Waals surface area contributed by atoms with Gasteiger partial charge >= 0.3 is 11.9 Å². The van der Waals surface area contributed by atoms with Gasteiger partial charge in [-0.25, -0.2) is 97.3 Å². The molecule has 0 aliphatic carbocycles. The fourth-order valence-corrected chi connectivity index (χ4v) is 16.2. The van der Waals surface area contributed by atoms with Crippen LogP contribution in [0.5, 0.6) is 46.0 Å². The number of sulfonamides is 4. The lowest BCUT2D eigenvalue weighted by Crippen LogP contribution is -2.49. The molecule has 2 heterocycles. The third-order valence-electron chi connectivity index (χ3n) is 18.7. The van der Waals surface area contributed by atoms with Crippen molar-refractivity contribution < 1.29 is 117 Å². The Hall–Kier alpha value is -12.6. The minimum absolute atomic E-state index is 0.00769. The number of amides is 2. The second-order valence-electron chi connectivity index (χ2n) is 28.7. The third-order valence-corrected chi connectivity index (χ3v) is 24.6. The van der Waals surface area contributed by atoms with Crippen LogP contribution in [0.25, 0.3) is 24.3 Å². The van der Waals surface area contributed by atoms with Crippen LogP contribution in [0.3, 0.4) is 0 Å². The highest BCUT2D eigenvalue weighted by Gasteiger charge is 2.27. The minimum Gasteiger partial charge on any atom is -0.478 e. The number of hydrogen-bond donors (Lipinski definition) is 14. The summed E-state index contributed by atoms with van der Waals surface area (Å²) in [5.74, 6) is -16.4. The molecule has 8 aromatic rings. The van der Waals surface area contributed by atoms with E-state index >= 15 is 0 Å². The first-order valence-electron chi connectivity index (χ1n) is 38.9. The van der Waals surface area contributed by atoms with Gasteiger partial charge in [0.2, 0.25) is 46.0 Å². The van der Waals surface area contributed by atoms with Gasteiger partial charge in [-0.15, -0.1) is 0 Å². The second kappa shape index (κ2) is 46.6. The first-order chi connectivity index (χ1) is 61.1. The van der Waals surface area contributed by atoms with Crippen LogP contribution >= 0.6 is 0 Å². The number of aliphatic imine (C=N–C) groups is 1. The largest absolute Gasteiger partial charge is 0.478 e. The predicted molar refractivity (Wildman–Crippen MR) is 465 cm³/mol. The molecule has 47 heteroatoms. The van der Waals surface area contributed by atoms with Gasteiger partial charge in [0, 0.05) is 127 Å². The van der Waals surface area contributed by atoms with Gasteiger partial charge in [-0.2, -0.15) is 4.99 Å². The molecule has 8 aromatic carbocycles. The van der Waals surface area contributed by atoms with E-state index in [0.717, 1.165) is 60.7 Å². The molecule has 698 valence electrons. The zero-order valence-corrected chi connectivity index (χ0v) is 73.1. The van der Waals surface area contributed by atoms with Gasteiger partial charge in [-0.1, -0.05) is 0 Å². The lowest BCUT2D eigenvalue weighted by atomic mass is 10.1. The van der Waals surface area contributed by atoms with Crippen LogP contribution in [-0.2, 0) is 59.3 Å². The summed E-state index contributed by atoms with van der Waals surface area (Å²) in [5, 5.41) is 26.3. The summed E-state index contributed by atoms with van der Waals surface area (Å²) in [6, 6.07) is 27.2. The number of ether oxygens (including phenoxy) is 4. The molecule has 0 aromatic heterocycles. The van der Waals surface area contributed by atoms with Gasteiger partial charge in [0.05, 0.1) is 19.6 Å². The fraction of sp³-hybridized carbons (Fsp3) is 0.253. The minimum atomic E-state index is -3.96. The lowest BCUT2D eigenvalue weighted by molar-refractivity contribution is -0.133. The zero-order chi connectivity index (χ0) is 95.7. The fourth-order valence-electron chi connectivity index (χ4n) is 12.1. The highest BCUT2D eigenvalue weighted by molar-refractivity contribution is 7.90. The molecule has 35 nitrogen and oxygen atoms in total. The van der Waals surface area contributed by atoms with E-state index in [-0.39, 0.29) is 119 Å². The third kappa shape index (κ3) is 31.4. The number of nitrogens with two attached hydrogens (primary N) is 6. The first kappa shape index (κ1) is 103. The standard InChI is InChI=1S/C42H48F4N10O8S2.C40H40F4N4O10S2.CH5N3/c1-25(39(57)53-41(47)48)19-27-21-33(43)37(34(44)22-27)63-29-3-7-31(8-4-29)65(59,60)51-11-13-55-15-17-56(18-16-55)14-12-52-66(61,62)32-9-5-30(6-10-32)64-38-35(45)23-28(24-36(38)46)20-26(2)40(58)54-42(49)50;1-25(39(49)50)19-27-21-33(41)37(34(42)22-27)57-29-3-7-31(8-4-29)59(53,54)45-11-13-47-15-17-48(18-16-47)14-12-46-60(55,56)32-9-5-30(6-10-32)58-38-35(43)23-28(24-36(38)44)20-26(2)40(51)52;2-1(3)4/h3-10,19-24,41,51-52H,11-18,47-48H2,1-2H3,(H,53,57)(H4,49,50,54,58);3-10,19-24,45-46H,11-18H2,1-2H3,(H,49,50)(H,51,52);(H5,2,3,4)/b2*25-19+,26-20+;. The van der Waals surface area contributed by atoms with Crippen LogP contribution in [0.15, 0.2) is 192 Å². The van der Waals surface area contributed by atoms with Crippen molar-refractivity contribution in [1.29, 1.82) is 5.41 Å². The summed E-state index contributed by atoms with van der Waals surface area (Å²) in [7, 11) is -15.8. The van der Waals surface area contributed by atoms with Crippen molar-refractivity contribution in [3.63, 3.8) is 0 Å². The van der Waals surface area contributed by atoms with Gasteiger partial charge in [-0.3, -0.25) is 46.1 Å². The normalized spacial score (nSPS) is 14.1. The quantitative estimate of drug-likeness (QED) is 0.00604. The molecule has 0 unspecified atom stereocenters. The predicted octanol–water partition coefficient (Wildman–Crippen LogP) is 7.14. The molecule has 0 spiro atoms. The van der Waals surface area contributed by atoms with Crippen molar-refractivity contribution in [3.8, 4) is 46.0 Å². The summed E-state index contributed by atoms with van der Waals surface area (Å²) >= 11 is 0. The molecule has 2 aliphatic heterocycles. The van der Waals surface area contributed by atoms with E-state index in [9.17, 15) is 88.0 Å². The summed E-state index contributed by atoms with van der Waals surface area (Å²) in [6.07, 6.45) is 3.50. The topological polar surface area (TPSA) is 548 Å². The number of hydrogen-bond acceptors (Lipinski definition) is 23. The highest BCUT2D eigenvalue weighted by atomic mass is 32.2. The van der Waals surface area contributed by atoms with E-state index in [1.165, 1.54) is 137 Å². The molecule has 2 aliphatic rings. The van der Waals surface area contributed by atoms with Crippen LogP contribution in [0, 0.1) is 51.9 Å². The van der Waals surface area contributed by atoms with Gasteiger partial charge in [0.1, 0.15) is 29.3 Å². The van der Waals surface area contributed by atoms with Crippen molar-refractivity contribution in [1.82, 2.24) is 43.8 Å². The first-order valence-corrected chi connectivity index (χ1v) is 44.8. The molecule has 10 rings (SSSR count). The SMILES string of the molecule is C/C(=C\c1cc(F)c(Oc2ccc(S(=O)(=O)NCCN3CCN(CCNS(=O)(=O)c4ccc(Oc5c(F)cc(/C=C(\C)C(=O)NC(N)N)cc5F)cc4)CC3)cc2)c(F)c1)C(=O)N=C(N)N.C/C(=C\c1cc(F)c(Oc2ccc(S(=O)(=O)NCCN3CCN(CCNS(=O)(=O)c4ccc(Oc5c(F)cc(/C=C(\C)C(=O)O)cc5F)cc4)CC3)cc2)c(F)c1)C(=O)O.N=C(N)N. The molecule has 0 saturated carbocycles. The maximum atomic E-state index is 14.8. The number of carboxylic acid groups (broad SMARTS) is 2. The number of aliphatic carboxylic acids is 2. The molecular formula is C83H93F8N17O18S4. The van der Waals surface area contributed by atoms with E-state index in [2.05, 4.69) is 40.7 Å². The van der Waals surface area contributed by atoms with Crippen LogP contribution in [0.4, 0.5) is 35.1 Å². The van der Waals surface area contributed by atoms with Crippen LogP contribution in [-0.4, -0.2) is 210 Å². The number of carboxylic acids is 2. The molecule has 0 atom stereocenters. The van der Waals surface area contributed by atoms with E-state index in [4.69, 9.17) is 57.5 Å². The van der Waals surface area contributed by atoms with Gasteiger partial charge < -0.3 is 57.4 Å². The molecule has 0 radical (unpaired) electrons. The second-order valence-corrected chi connectivity index (χ2v) is 35.8. The molecule has 20 N–H and O–H groups in total. The molecular weight excluding hydrogens is 1800 g/mol. The van der Waals surface area contributed by atoms with Crippen molar-refractivity contribution in [2.45, 2.75) is 53.6 Å². The summed E-state index contributed by atoms with van der Waals surface area (Å²) in [5.41, 5.74) is 29.8. The maximum Gasteiger partial charge on any atom is 0.331 e. The Labute approximate surface area is 742 Å². The summed E-state index contributed by atoms with van der Waals surface area (Å²) in [6.45, 7) is 11.9. The number of piperazine rings is 2. The van der Waals surface area contributed by atoms with Gasteiger partial charge in [0.15, 0.2) is 81.5 Å². The average molecular weight is 1900 g/mol. The maximum absolute atomic E-state index is 14.8. The van der Waals surface area contributed by atoms with Crippen molar-refractivity contribution in [2.75, 3.05) is 105 Å². The number of nitrogens with one attached hydrogen (secondary N) is 6. The Kier molecular flexibility index (Phi) is 36.8. The zero-order valence-electron chi connectivity index (χ0n) is 69.8. The number of carbonyl (C=O) groups excluding carboxylic acids is 2. The highest BCUT2D eigenvalue weighted by Crippen LogP contribution is 2.36. The Bertz CT molecular complexity index is 5820. The number of halogens is 8. The number of rotatable bonds is 37. The number of carbonyl (C=O) groups is 4. The average Bonchev–Trinajstić information content (AvgIpc) is 0.826. The molecule has 2 fully saturated rings. The summed E-state index contributed by atoms with van der Waals surface area (Å²) in [4.78, 5) is 57.1. The number of nitrogens with zero attached hydrogens (tertiary/aromatic N) is 5. The number of benzene rings is 8. The van der Waals surface area contributed by atoms with E-state index in [1.54, 1.807) is 0 Å². The number of guanidine groups is 2. The van der Waals surface area contributed by atoms with Crippen molar-refractivity contribution in [3.05, 3.63) is 237 Å². The Morgan fingerprint density at radius 3 is 0.777 bits per heavy atom. The van der Waals surface area contributed by atoms with Crippen LogP contribution in [0.1, 0.15) is 49.9 Å². The Morgan fingerprint density at radius 1 is 0.385 bits per heavy atom. The van der Waals surface area contributed by atoms with Crippen molar-refractivity contribution >= 4 is 100 Å². The van der Waals surface area contributed by atoms with E-state index < -0.39 is 146 Å². The Balaban J connectivity index is 0.000000309. The lowest BCUT2D eigenvalue weighted by Gasteiger charge is -2.34. The van der Waals surface area contributed by atoms with E-state index in [0.29, 0.717) is 78.5 Å². The van der Waals surface area contributed by atoms with Crippen molar-refractivity contribution in [2.24, 2.45) is 39.4 Å². The van der Waals surface area contributed by atoms with Crippen LogP contribution in [0.2, 0.25) is 0 Å². The smallest absolute Gasteiger partial charge is 0.331 e. The molecule has 2 saturated heterocycles. The molecule has 2 amide bonds. The molecule has 0 bridgehead atoms.